The number of aromatic nitrogens is 2. The molecular weight excluding hydrogens is 590 g/mol. The first-order chi connectivity index (χ1) is 23.3. The molecule has 7 aromatic rings. The maximum atomic E-state index is 6.73. The lowest BCUT2D eigenvalue weighted by Crippen LogP contribution is -2.15. The fraction of sp³-hybridized carbons (Fsp3) is 0.163. The average Bonchev–Trinajstić information content (AvgIpc) is 3.64. The third kappa shape index (κ3) is 4.61. The van der Waals surface area contributed by atoms with Gasteiger partial charge in [0.1, 0.15) is 23.2 Å². The predicted molar refractivity (Wildman–Crippen MR) is 194 cm³/mol. The summed E-state index contributed by atoms with van der Waals surface area (Å²) in [5.41, 5.74) is 14.7. The Kier molecular flexibility index (Phi) is 6.35. The summed E-state index contributed by atoms with van der Waals surface area (Å²) in [6.07, 6.45) is 1.69. The maximum Gasteiger partial charge on any atom is 0.217 e. The van der Waals surface area contributed by atoms with E-state index in [9.17, 15) is 0 Å². The molecule has 2 atom stereocenters. The smallest absolute Gasteiger partial charge is 0.217 e. The van der Waals surface area contributed by atoms with Crippen molar-refractivity contribution < 1.29 is 9.47 Å². The molecule has 0 fully saturated rings. The highest BCUT2D eigenvalue weighted by Gasteiger charge is 2.40. The van der Waals surface area contributed by atoms with Gasteiger partial charge >= 0.3 is 0 Å². The van der Waals surface area contributed by atoms with E-state index < -0.39 is 0 Å². The second-order valence-corrected chi connectivity index (χ2v) is 13.5. The molecule has 0 saturated heterocycles. The Morgan fingerprint density at radius 2 is 1.31 bits per heavy atom. The summed E-state index contributed by atoms with van der Waals surface area (Å²) in [6, 6.07) is 36.5. The molecule has 1 aliphatic carbocycles. The monoisotopic (exact) mass is 625 g/mol. The highest BCUT2D eigenvalue weighted by Crippen LogP contribution is 2.52. The van der Waals surface area contributed by atoms with Gasteiger partial charge in [0, 0.05) is 34.2 Å². The summed E-state index contributed by atoms with van der Waals surface area (Å²) >= 11 is 0. The minimum atomic E-state index is -0.168. The average molecular weight is 626 g/mol. The van der Waals surface area contributed by atoms with Crippen LogP contribution < -0.4 is 4.74 Å². The van der Waals surface area contributed by atoms with Crippen LogP contribution in [-0.4, -0.2) is 15.4 Å². The molecule has 9 rings (SSSR count). The van der Waals surface area contributed by atoms with Gasteiger partial charge in [0.15, 0.2) is 6.10 Å². The van der Waals surface area contributed by atoms with Crippen molar-refractivity contribution in [3.05, 3.63) is 154 Å². The molecular formula is C43H35N3O2. The first kappa shape index (κ1) is 28.5. The van der Waals surface area contributed by atoms with Gasteiger partial charge in [-0.3, -0.25) is 4.57 Å². The molecule has 2 aromatic heterocycles. The van der Waals surface area contributed by atoms with Crippen LogP contribution in [0, 0.1) is 34.6 Å². The number of aliphatic imine (C=N–C) groups is 1. The quantitative estimate of drug-likeness (QED) is 0.196. The molecule has 0 radical (unpaired) electrons. The first-order valence-electron chi connectivity index (χ1n) is 16.5. The Labute approximate surface area is 280 Å². The Hall–Kier alpha value is -5.68. The van der Waals surface area contributed by atoms with E-state index in [1.54, 1.807) is 0 Å². The molecule has 0 amide bonds. The van der Waals surface area contributed by atoms with E-state index in [0.717, 1.165) is 50.4 Å². The zero-order valence-electron chi connectivity index (χ0n) is 27.7. The number of ether oxygens (including phenoxy) is 2. The van der Waals surface area contributed by atoms with E-state index in [1.807, 2.05) is 18.3 Å². The fourth-order valence-corrected chi connectivity index (χ4v) is 7.53. The molecule has 0 saturated carbocycles. The zero-order valence-corrected chi connectivity index (χ0v) is 27.7. The minimum absolute atomic E-state index is 0.0985. The molecule has 0 bridgehead atoms. The Morgan fingerprint density at radius 1 is 0.625 bits per heavy atom. The van der Waals surface area contributed by atoms with Gasteiger partial charge < -0.3 is 9.47 Å². The molecule has 48 heavy (non-hydrogen) atoms. The Bertz CT molecular complexity index is 2490. The Morgan fingerprint density at radius 3 is 2.12 bits per heavy atom. The molecule has 0 spiro atoms. The Balaban J connectivity index is 1.09. The number of fused-ring (bicyclic) bond motifs is 9. The van der Waals surface area contributed by atoms with Gasteiger partial charge in [-0.05, 0) is 117 Å². The van der Waals surface area contributed by atoms with Crippen LogP contribution in [-0.2, 0) is 4.74 Å². The van der Waals surface area contributed by atoms with E-state index in [4.69, 9.17) is 19.5 Å². The molecule has 1 aliphatic heterocycles. The fourth-order valence-electron chi connectivity index (χ4n) is 7.53. The number of benzene rings is 5. The van der Waals surface area contributed by atoms with Gasteiger partial charge in [0.25, 0.3) is 0 Å². The van der Waals surface area contributed by atoms with E-state index in [1.165, 1.54) is 44.3 Å². The summed E-state index contributed by atoms with van der Waals surface area (Å²) < 4.78 is 15.6. The van der Waals surface area contributed by atoms with E-state index in [2.05, 4.69) is 130 Å². The van der Waals surface area contributed by atoms with Crippen molar-refractivity contribution in [3.63, 3.8) is 0 Å². The van der Waals surface area contributed by atoms with Crippen LogP contribution in [0.3, 0.4) is 0 Å². The molecule has 234 valence electrons. The molecule has 0 unspecified atom stereocenters. The molecule has 2 aliphatic rings. The van der Waals surface area contributed by atoms with Crippen LogP contribution >= 0.6 is 0 Å². The minimum Gasteiger partial charge on any atom is -0.467 e. The van der Waals surface area contributed by atoms with Crippen LogP contribution in [0.25, 0.3) is 38.8 Å². The van der Waals surface area contributed by atoms with E-state index >= 15 is 0 Å². The predicted octanol–water partition coefficient (Wildman–Crippen LogP) is 10.8. The summed E-state index contributed by atoms with van der Waals surface area (Å²) in [4.78, 5) is 10.0. The summed E-state index contributed by atoms with van der Waals surface area (Å²) in [5.74, 6) is 2.15. The van der Waals surface area contributed by atoms with Gasteiger partial charge in [-0.25, -0.2) is 9.98 Å². The van der Waals surface area contributed by atoms with Crippen molar-refractivity contribution in [1.82, 2.24) is 9.55 Å². The third-order valence-corrected chi connectivity index (χ3v) is 9.62. The number of rotatable bonds is 4. The standard InChI is InChI=1S/C43H35N3O2/c1-24-8-11-33-36(19-24)37-20-25(2)9-12-34(37)41-40(33)45-43(48-41)29-15-27(4)17-31(22-29)47-32-18-28(5)16-30(23-32)46-39-13-10-26(3)21-38(39)35-7-6-14-44-42(35)46/h6-23,40-41H,1-5H3/t40-,41+/m1/s1. The van der Waals surface area contributed by atoms with Crippen molar-refractivity contribution in [2.75, 3.05) is 0 Å². The number of hydrogen-bond acceptors (Lipinski definition) is 4. The highest BCUT2D eigenvalue weighted by molar-refractivity contribution is 6.08. The number of hydrogen-bond donors (Lipinski definition) is 0. The lowest BCUT2D eigenvalue weighted by atomic mass is 9.80. The normalized spacial score (nSPS) is 16.3. The maximum absolute atomic E-state index is 6.73. The van der Waals surface area contributed by atoms with Crippen LogP contribution in [0.5, 0.6) is 11.5 Å². The number of nitrogens with zero attached hydrogens (tertiary/aromatic N) is 3. The van der Waals surface area contributed by atoms with Crippen LogP contribution in [0.1, 0.15) is 56.7 Å². The van der Waals surface area contributed by atoms with E-state index in [-0.39, 0.29) is 12.1 Å². The molecule has 0 N–H and O–H groups in total. The lowest BCUT2D eigenvalue weighted by Gasteiger charge is -2.29. The van der Waals surface area contributed by atoms with Crippen molar-refractivity contribution in [1.29, 1.82) is 0 Å². The second-order valence-electron chi connectivity index (χ2n) is 13.5. The van der Waals surface area contributed by atoms with Crippen molar-refractivity contribution in [2.45, 2.75) is 46.8 Å². The van der Waals surface area contributed by atoms with Crippen LogP contribution in [0.15, 0.2) is 114 Å². The van der Waals surface area contributed by atoms with Gasteiger partial charge in [-0.2, -0.15) is 0 Å². The number of pyridine rings is 1. The molecule has 3 heterocycles. The van der Waals surface area contributed by atoms with Crippen LogP contribution in [0.2, 0.25) is 0 Å². The second kappa shape index (κ2) is 10.7. The van der Waals surface area contributed by atoms with E-state index in [0.29, 0.717) is 5.90 Å². The molecule has 5 heteroatoms. The molecule has 5 nitrogen and oxygen atoms in total. The third-order valence-electron chi connectivity index (χ3n) is 9.62. The van der Waals surface area contributed by atoms with Crippen LogP contribution in [0.4, 0.5) is 0 Å². The molecule has 5 aromatic carbocycles. The van der Waals surface area contributed by atoms with Gasteiger partial charge in [-0.1, -0.05) is 59.2 Å². The highest BCUT2D eigenvalue weighted by atomic mass is 16.5. The summed E-state index contributed by atoms with van der Waals surface area (Å²) in [6.45, 7) is 10.6. The van der Waals surface area contributed by atoms with Crippen molar-refractivity contribution >= 4 is 27.8 Å². The first-order valence-corrected chi connectivity index (χ1v) is 16.5. The van der Waals surface area contributed by atoms with Crippen molar-refractivity contribution in [3.8, 4) is 28.3 Å². The number of aryl methyl sites for hydroxylation is 5. The van der Waals surface area contributed by atoms with Gasteiger partial charge in [-0.15, -0.1) is 0 Å². The topological polar surface area (TPSA) is 48.6 Å². The van der Waals surface area contributed by atoms with Crippen molar-refractivity contribution in [2.24, 2.45) is 4.99 Å². The van der Waals surface area contributed by atoms with Gasteiger partial charge in [0.05, 0.1) is 11.2 Å². The SMILES string of the molecule is Cc1cc(Oc2cc(C)cc(-n3c4ccc(C)cc4c4cccnc43)c2)cc(C2=N[C@@H]3c4ccc(C)cc4-c4cc(C)ccc4[C@@H]3O2)c1. The zero-order chi connectivity index (χ0) is 32.7. The van der Waals surface area contributed by atoms with Gasteiger partial charge in [0.2, 0.25) is 5.90 Å². The lowest BCUT2D eigenvalue weighted by molar-refractivity contribution is 0.195. The summed E-state index contributed by atoms with van der Waals surface area (Å²) in [7, 11) is 0. The largest absolute Gasteiger partial charge is 0.467 e. The summed E-state index contributed by atoms with van der Waals surface area (Å²) in [5, 5.41) is 2.33.